The zero-order chi connectivity index (χ0) is 19.0. The molecule has 0 bridgehead atoms. The quantitative estimate of drug-likeness (QED) is 0.818. The van der Waals surface area contributed by atoms with Crippen molar-refractivity contribution in [1.82, 2.24) is 14.7 Å². The molecule has 2 heterocycles. The van der Waals surface area contributed by atoms with Crippen molar-refractivity contribution in [1.29, 1.82) is 0 Å². The summed E-state index contributed by atoms with van der Waals surface area (Å²) in [6, 6.07) is 0. The van der Waals surface area contributed by atoms with Crippen LogP contribution < -0.4 is 0 Å². The van der Waals surface area contributed by atoms with Crippen molar-refractivity contribution < 1.29 is 4.74 Å². The van der Waals surface area contributed by atoms with Gasteiger partial charge in [0, 0.05) is 36.3 Å². The molecule has 0 unspecified atom stereocenters. The number of rotatable bonds is 4. The molecular weight excluding hydrogens is 310 g/mol. The molecule has 2 rings (SSSR count). The standard InChI is InChI=1S/C21H39N3O/c1-10-17-18(20(4,5)6)19(21(7,8)9)24(22-17)12-11-23-13-15(2)25-16(3)14-23/h15-16H,10-14H2,1-9H3/t15-,16+. The molecule has 1 saturated heterocycles. The summed E-state index contributed by atoms with van der Waals surface area (Å²) in [5.41, 5.74) is 4.33. The highest BCUT2D eigenvalue weighted by molar-refractivity contribution is 5.37. The van der Waals surface area contributed by atoms with Crippen LogP contribution in [-0.2, 0) is 28.5 Å². The lowest BCUT2D eigenvalue weighted by Gasteiger charge is -2.35. The number of hydrogen-bond donors (Lipinski definition) is 0. The van der Waals surface area contributed by atoms with Crippen LogP contribution in [0.15, 0.2) is 0 Å². The van der Waals surface area contributed by atoms with Gasteiger partial charge in [-0.2, -0.15) is 5.10 Å². The lowest BCUT2D eigenvalue weighted by atomic mass is 9.77. The van der Waals surface area contributed by atoms with E-state index >= 15 is 0 Å². The van der Waals surface area contributed by atoms with Crippen molar-refractivity contribution in [3.8, 4) is 0 Å². The zero-order valence-electron chi connectivity index (χ0n) is 17.9. The summed E-state index contributed by atoms with van der Waals surface area (Å²) in [5.74, 6) is 0. The molecule has 4 heteroatoms. The maximum absolute atomic E-state index is 5.87. The Hall–Kier alpha value is -0.870. The Morgan fingerprint density at radius 2 is 1.52 bits per heavy atom. The molecule has 1 aliphatic heterocycles. The van der Waals surface area contributed by atoms with Crippen molar-refractivity contribution >= 4 is 0 Å². The minimum absolute atomic E-state index is 0.0919. The summed E-state index contributed by atoms with van der Waals surface area (Å²) in [4.78, 5) is 2.52. The zero-order valence-corrected chi connectivity index (χ0v) is 17.9. The number of ether oxygens (including phenoxy) is 1. The summed E-state index contributed by atoms with van der Waals surface area (Å²) in [7, 11) is 0. The maximum atomic E-state index is 5.87. The maximum Gasteiger partial charge on any atom is 0.0678 e. The molecule has 1 aromatic heterocycles. The SMILES string of the molecule is CCc1nn(CCN2C[C@@H](C)O[C@@H](C)C2)c(C(C)(C)C)c1C(C)(C)C. The Morgan fingerprint density at radius 3 is 1.96 bits per heavy atom. The lowest BCUT2D eigenvalue weighted by molar-refractivity contribution is -0.0688. The van der Waals surface area contributed by atoms with E-state index in [0.717, 1.165) is 32.6 Å². The van der Waals surface area contributed by atoms with Gasteiger partial charge in [-0.05, 0) is 25.7 Å². The third kappa shape index (κ3) is 4.85. The number of aryl methyl sites for hydroxylation is 1. The molecular formula is C21H39N3O. The van der Waals surface area contributed by atoms with E-state index in [0.29, 0.717) is 12.2 Å². The van der Waals surface area contributed by atoms with Gasteiger partial charge in [-0.15, -0.1) is 0 Å². The van der Waals surface area contributed by atoms with Crippen LogP contribution in [-0.4, -0.2) is 46.5 Å². The fourth-order valence-corrected chi connectivity index (χ4v) is 4.17. The second-order valence-electron chi connectivity index (χ2n) is 9.76. The van der Waals surface area contributed by atoms with Crippen molar-refractivity contribution in [2.45, 2.75) is 98.3 Å². The summed E-state index contributed by atoms with van der Waals surface area (Å²) in [5, 5.41) is 5.04. The molecule has 0 saturated carbocycles. The van der Waals surface area contributed by atoms with E-state index in [1.807, 2.05) is 0 Å². The van der Waals surface area contributed by atoms with Gasteiger partial charge in [0.15, 0.2) is 0 Å². The van der Waals surface area contributed by atoms with Gasteiger partial charge in [0.1, 0.15) is 0 Å². The normalized spacial score (nSPS) is 23.2. The van der Waals surface area contributed by atoms with Crippen LogP contribution in [0.4, 0.5) is 0 Å². The molecule has 1 fully saturated rings. The third-order valence-electron chi connectivity index (χ3n) is 4.94. The highest BCUT2D eigenvalue weighted by atomic mass is 16.5. The van der Waals surface area contributed by atoms with E-state index < -0.39 is 0 Å². The molecule has 2 atom stereocenters. The molecule has 0 aromatic carbocycles. The van der Waals surface area contributed by atoms with E-state index in [1.54, 1.807) is 0 Å². The first-order chi connectivity index (χ1) is 11.4. The smallest absolute Gasteiger partial charge is 0.0678 e. The molecule has 0 radical (unpaired) electrons. The second kappa shape index (κ2) is 7.40. The monoisotopic (exact) mass is 349 g/mol. The summed E-state index contributed by atoms with van der Waals surface area (Å²) >= 11 is 0. The van der Waals surface area contributed by atoms with Gasteiger partial charge in [0.05, 0.1) is 24.4 Å². The van der Waals surface area contributed by atoms with Crippen LogP contribution >= 0.6 is 0 Å². The first-order valence-electron chi connectivity index (χ1n) is 9.92. The Kier molecular flexibility index (Phi) is 6.05. The molecule has 0 aliphatic carbocycles. The first kappa shape index (κ1) is 20.4. The Labute approximate surface area is 154 Å². The Balaban J connectivity index is 2.30. The topological polar surface area (TPSA) is 30.3 Å². The third-order valence-corrected chi connectivity index (χ3v) is 4.94. The van der Waals surface area contributed by atoms with E-state index in [-0.39, 0.29) is 10.8 Å². The molecule has 1 aromatic rings. The van der Waals surface area contributed by atoms with Gasteiger partial charge in [0.2, 0.25) is 0 Å². The van der Waals surface area contributed by atoms with Crippen LogP contribution in [0.1, 0.15) is 79.3 Å². The number of nitrogens with zero attached hydrogens (tertiary/aromatic N) is 3. The largest absolute Gasteiger partial charge is 0.373 e. The lowest BCUT2D eigenvalue weighted by Crippen LogP contribution is -2.46. The molecule has 4 nitrogen and oxygen atoms in total. The predicted molar refractivity (Wildman–Crippen MR) is 105 cm³/mol. The van der Waals surface area contributed by atoms with Crippen molar-refractivity contribution in [3.63, 3.8) is 0 Å². The molecule has 144 valence electrons. The fraction of sp³-hybridized carbons (Fsp3) is 0.857. The highest BCUT2D eigenvalue weighted by Gasteiger charge is 2.33. The van der Waals surface area contributed by atoms with Crippen LogP contribution in [0.2, 0.25) is 0 Å². The average molecular weight is 350 g/mol. The Morgan fingerprint density at radius 1 is 0.960 bits per heavy atom. The molecule has 0 N–H and O–H groups in total. The molecule has 0 amide bonds. The second-order valence-corrected chi connectivity index (χ2v) is 9.76. The number of morpholine rings is 1. The summed E-state index contributed by atoms with van der Waals surface area (Å²) < 4.78 is 8.16. The summed E-state index contributed by atoms with van der Waals surface area (Å²) in [6.07, 6.45) is 1.63. The number of hydrogen-bond acceptors (Lipinski definition) is 3. The van der Waals surface area contributed by atoms with Gasteiger partial charge in [-0.1, -0.05) is 48.5 Å². The van der Waals surface area contributed by atoms with Crippen LogP contribution in [0.5, 0.6) is 0 Å². The first-order valence-corrected chi connectivity index (χ1v) is 9.92. The summed E-state index contributed by atoms with van der Waals surface area (Å²) in [6.45, 7) is 24.5. The van der Waals surface area contributed by atoms with Crippen molar-refractivity contribution in [3.05, 3.63) is 17.0 Å². The van der Waals surface area contributed by atoms with Crippen LogP contribution in [0.25, 0.3) is 0 Å². The van der Waals surface area contributed by atoms with E-state index in [1.165, 1.54) is 17.0 Å². The van der Waals surface area contributed by atoms with Gasteiger partial charge < -0.3 is 4.74 Å². The van der Waals surface area contributed by atoms with Gasteiger partial charge in [-0.25, -0.2) is 0 Å². The highest BCUT2D eigenvalue weighted by Crippen LogP contribution is 2.36. The minimum atomic E-state index is 0.0919. The Bertz CT molecular complexity index is 567. The average Bonchev–Trinajstić information content (AvgIpc) is 2.83. The molecule has 0 spiro atoms. The van der Waals surface area contributed by atoms with Crippen molar-refractivity contribution in [2.75, 3.05) is 19.6 Å². The van der Waals surface area contributed by atoms with Gasteiger partial charge >= 0.3 is 0 Å². The molecule has 25 heavy (non-hydrogen) atoms. The van der Waals surface area contributed by atoms with E-state index in [9.17, 15) is 0 Å². The van der Waals surface area contributed by atoms with Gasteiger partial charge in [-0.3, -0.25) is 9.58 Å². The van der Waals surface area contributed by atoms with Crippen LogP contribution in [0, 0.1) is 0 Å². The molecule has 1 aliphatic rings. The number of aromatic nitrogens is 2. The van der Waals surface area contributed by atoms with E-state index in [2.05, 4.69) is 71.9 Å². The van der Waals surface area contributed by atoms with Crippen LogP contribution in [0.3, 0.4) is 0 Å². The van der Waals surface area contributed by atoms with E-state index in [4.69, 9.17) is 9.84 Å². The van der Waals surface area contributed by atoms with Crippen molar-refractivity contribution in [2.24, 2.45) is 0 Å². The predicted octanol–water partition coefficient (Wildman–Crippen LogP) is 4.15. The van der Waals surface area contributed by atoms with Gasteiger partial charge in [0.25, 0.3) is 0 Å². The minimum Gasteiger partial charge on any atom is -0.373 e. The fourth-order valence-electron chi connectivity index (χ4n) is 4.17.